The number of hydrogen-bond acceptors (Lipinski definition) is 4. The maximum Gasteiger partial charge on any atom is 0.257 e. The number of fused-ring (bicyclic) bond motifs is 2. The summed E-state index contributed by atoms with van der Waals surface area (Å²) in [6.45, 7) is 0.120. The number of amides is 1. The molecule has 0 radical (unpaired) electrons. The van der Waals surface area contributed by atoms with Crippen LogP contribution >= 0.6 is 11.8 Å². The molecule has 2 fully saturated rings. The Morgan fingerprint density at radius 3 is 2.81 bits per heavy atom. The first-order valence-electron chi connectivity index (χ1n) is 9.15. The third kappa shape index (κ3) is 2.83. The van der Waals surface area contributed by atoms with Crippen LogP contribution in [-0.2, 0) is 6.42 Å². The van der Waals surface area contributed by atoms with Crippen molar-refractivity contribution >= 4 is 17.7 Å². The molecule has 26 heavy (non-hydrogen) atoms. The van der Waals surface area contributed by atoms with E-state index in [1.807, 2.05) is 36.6 Å². The molecule has 2 unspecified atom stereocenters. The summed E-state index contributed by atoms with van der Waals surface area (Å²) in [5.74, 6) is 0.0679. The maximum atomic E-state index is 13.3. The number of thioether (sulfide) groups is 1. The molecule has 0 aliphatic carbocycles. The molecule has 4 nitrogen and oxygen atoms in total. The van der Waals surface area contributed by atoms with Gasteiger partial charge in [0, 0.05) is 23.7 Å². The number of aromatic nitrogens is 1. The predicted molar refractivity (Wildman–Crippen MR) is 103 cm³/mol. The average Bonchev–Trinajstić information content (AvgIpc) is 3.24. The van der Waals surface area contributed by atoms with Crippen molar-refractivity contribution in [2.24, 2.45) is 5.41 Å². The van der Waals surface area contributed by atoms with Crippen molar-refractivity contribution in [2.45, 2.75) is 42.8 Å². The summed E-state index contributed by atoms with van der Waals surface area (Å²) in [6.07, 6.45) is 7.38. The molecular formula is C21H24N2O2S. The van der Waals surface area contributed by atoms with E-state index in [2.05, 4.69) is 22.0 Å². The zero-order valence-electron chi connectivity index (χ0n) is 15.0. The van der Waals surface area contributed by atoms with E-state index in [9.17, 15) is 9.90 Å². The number of carbonyl (C=O) groups is 1. The first-order valence-corrected chi connectivity index (χ1v) is 10.4. The van der Waals surface area contributed by atoms with Crippen LogP contribution in [0.2, 0.25) is 0 Å². The van der Waals surface area contributed by atoms with Crippen molar-refractivity contribution in [3.63, 3.8) is 0 Å². The average molecular weight is 369 g/mol. The monoisotopic (exact) mass is 368 g/mol. The normalized spacial score (nSPS) is 27.1. The van der Waals surface area contributed by atoms with Gasteiger partial charge in [-0.05, 0) is 49.6 Å². The molecule has 5 heteroatoms. The minimum atomic E-state index is -0.234. The van der Waals surface area contributed by atoms with Crippen LogP contribution in [0.3, 0.4) is 0 Å². The predicted octanol–water partition coefficient (Wildman–Crippen LogP) is 3.40. The van der Waals surface area contributed by atoms with Crippen LogP contribution in [0.5, 0.6) is 0 Å². The number of benzene rings is 1. The van der Waals surface area contributed by atoms with Crippen LogP contribution in [-0.4, -0.2) is 45.8 Å². The Hall–Kier alpha value is -1.85. The van der Waals surface area contributed by atoms with Gasteiger partial charge in [-0.25, -0.2) is 4.98 Å². The lowest BCUT2D eigenvalue weighted by Gasteiger charge is -2.36. The quantitative estimate of drug-likeness (QED) is 0.822. The van der Waals surface area contributed by atoms with Gasteiger partial charge in [0.2, 0.25) is 0 Å². The van der Waals surface area contributed by atoms with Gasteiger partial charge in [0.1, 0.15) is 5.03 Å². The maximum absolute atomic E-state index is 13.3. The molecule has 4 rings (SSSR count). The van der Waals surface area contributed by atoms with Crippen molar-refractivity contribution in [1.82, 2.24) is 9.88 Å². The standard InChI is InChI=1S/C21H24N2O2S/c1-26-19-17(8-5-11-22-19)20(25)23-16-9-10-18(23)21(13-16,14-24)12-15-6-3-2-4-7-15/h2-8,11,16,18,24H,9-10,12-14H2,1H3/t16?,18?,21-/m0/s1. The van der Waals surface area contributed by atoms with Gasteiger partial charge >= 0.3 is 0 Å². The number of nitrogens with zero attached hydrogens (tertiary/aromatic N) is 2. The van der Waals surface area contributed by atoms with Crippen molar-refractivity contribution in [3.8, 4) is 0 Å². The van der Waals surface area contributed by atoms with E-state index in [4.69, 9.17) is 0 Å². The molecule has 2 saturated heterocycles. The Labute approximate surface area is 158 Å². The molecule has 1 aromatic carbocycles. The summed E-state index contributed by atoms with van der Waals surface area (Å²) < 4.78 is 0. The lowest BCUT2D eigenvalue weighted by molar-refractivity contribution is 0.0568. The SMILES string of the molecule is CSc1ncccc1C(=O)N1C2CCC1[C@@](CO)(Cc1ccccc1)C2. The van der Waals surface area contributed by atoms with Crippen LogP contribution in [0.1, 0.15) is 35.2 Å². The highest BCUT2D eigenvalue weighted by atomic mass is 32.2. The molecule has 1 aromatic heterocycles. The Morgan fingerprint density at radius 2 is 2.08 bits per heavy atom. The molecule has 0 saturated carbocycles. The highest BCUT2D eigenvalue weighted by Gasteiger charge is 2.57. The lowest BCUT2D eigenvalue weighted by Crippen LogP contribution is -2.44. The molecule has 0 spiro atoms. The van der Waals surface area contributed by atoms with Crippen LogP contribution in [0.4, 0.5) is 0 Å². The van der Waals surface area contributed by atoms with E-state index >= 15 is 0 Å². The third-order valence-corrected chi connectivity index (χ3v) is 6.71. The Balaban J connectivity index is 1.64. The highest BCUT2D eigenvalue weighted by molar-refractivity contribution is 7.98. The number of rotatable bonds is 5. The molecule has 3 atom stereocenters. The molecular weight excluding hydrogens is 344 g/mol. The fourth-order valence-electron chi connectivity index (χ4n) is 4.87. The molecule has 2 aliphatic rings. The number of hydrogen-bond donors (Lipinski definition) is 1. The first-order chi connectivity index (χ1) is 12.7. The first kappa shape index (κ1) is 17.6. The van der Waals surface area contributed by atoms with Crippen molar-refractivity contribution in [2.75, 3.05) is 12.9 Å². The Kier molecular flexibility index (Phi) is 4.76. The zero-order valence-corrected chi connectivity index (χ0v) is 15.8. The number of aliphatic hydroxyl groups excluding tert-OH is 1. The largest absolute Gasteiger partial charge is 0.396 e. The summed E-state index contributed by atoms with van der Waals surface area (Å²) in [7, 11) is 0. The fraction of sp³-hybridized carbons (Fsp3) is 0.429. The smallest absolute Gasteiger partial charge is 0.257 e. The van der Waals surface area contributed by atoms with Crippen molar-refractivity contribution in [1.29, 1.82) is 0 Å². The second kappa shape index (κ2) is 7.05. The Morgan fingerprint density at radius 1 is 1.27 bits per heavy atom. The topological polar surface area (TPSA) is 53.4 Å². The van der Waals surface area contributed by atoms with E-state index in [1.165, 1.54) is 17.3 Å². The van der Waals surface area contributed by atoms with Crippen molar-refractivity contribution in [3.05, 3.63) is 59.8 Å². The number of pyridine rings is 1. The summed E-state index contributed by atoms with van der Waals surface area (Å²) in [5, 5.41) is 11.1. The van der Waals surface area contributed by atoms with E-state index in [1.54, 1.807) is 6.20 Å². The van der Waals surface area contributed by atoms with Gasteiger partial charge in [-0.3, -0.25) is 4.79 Å². The van der Waals surface area contributed by atoms with Gasteiger partial charge in [-0.1, -0.05) is 30.3 Å². The van der Waals surface area contributed by atoms with Crippen LogP contribution in [0, 0.1) is 5.41 Å². The van der Waals surface area contributed by atoms with E-state index in [-0.39, 0.29) is 30.0 Å². The summed E-state index contributed by atoms with van der Waals surface area (Å²) in [5.41, 5.74) is 1.68. The minimum absolute atomic E-state index is 0.0679. The van der Waals surface area contributed by atoms with Crippen molar-refractivity contribution < 1.29 is 9.90 Å². The van der Waals surface area contributed by atoms with Crippen LogP contribution in [0.15, 0.2) is 53.7 Å². The molecule has 1 amide bonds. The Bertz CT molecular complexity index is 798. The van der Waals surface area contributed by atoms with Gasteiger partial charge in [0.25, 0.3) is 5.91 Å². The molecule has 3 heterocycles. The molecule has 2 aliphatic heterocycles. The van der Waals surface area contributed by atoms with E-state index in [0.717, 1.165) is 30.7 Å². The van der Waals surface area contributed by atoms with Gasteiger partial charge < -0.3 is 10.0 Å². The fourth-order valence-corrected chi connectivity index (χ4v) is 5.41. The molecule has 2 bridgehead atoms. The zero-order chi connectivity index (χ0) is 18.1. The van der Waals surface area contributed by atoms with Gasteiger partial charge in [0.05, 0.1) is 12.2 Å². The molecule has 136 valence electrons. The summed E-state index contributed by atoms with van der Waals surface area (Å²) in [4.78, 5) is 19.7. The van der Waals surface area contributed by atoms with Gasteiger partial charge in [-0.2, -0.15) is 0 Å². The number of aliphatic hydroxyl groups is 1. The van der Waals surface area contributed by atoms with Gasteiger partial charge in [0.15, 0.2) is 0 Å². The highest BCUT2D eigenvalue weighted by Crippen LogP contribution is 2.52. The van der Waals surface area contributed by atoms with E-state index < -0.39 is 0 Å². The molecule has 2 aromatic rings. The summed E-state index contributed by atoms with van der Waals surface area (Å²) in [6, 6.07) is 14.3. The third-order valence-electron chi connectivity index (χ3n) is 5.99. The van der Waals surface area contributed by atoms with Crippen LogP contribution in [0.25, 0.3) is 0 Å². The second-order valence-corrected chi connectivity index (χ2v) is 8.20. The van der Waals surface area contributed by atoms with Gasteiger partial charge in [-0.15, -0.1) is 11.8 Å². The summed E-state index contributed by atoms with van der Waals surface area (Å²) >= 11 is 1.51. The second-order valence-electron chi connectivity index (χ2n) is 7.41. The number of carbonyl (C=O) groups excluding carboxylic acids is 1. The van der Waals surface area contributed by atoms with E-state index in [0.29, 0.717) is 5.56 Å². The minimum Gasteiger partial charge on any atom is -0.396 e. The van der Waals surface area contributed by atoms with Crippen LogP contribution < -0.4 is 0 Å². The molecule has 1 N–H and O–H groups in total. The lowest BCUT2D eigenvalue weighted by atomic mass is 9.70.